The van der Waals surface area contributed by atoms with Gasteiger partial charge in [0.2, 0.25) is 0 Å². The van der Waals surface area contributed by atoms with Gasteiger partial charge in [-0.05, 0) is 49.1 Å². The van der Waals surface area contributed by atoms with Crippen molar-refractivity contribution in [2.75, 3.05) is 25.1 Å². The Bertz CT molecular complexity index is 623. The maximum Gasteiger partial charge on any atom is 0.142 e. The molecular formula is C20H27NO2. The van der Waals surface area contributed by atoms with E-state index in [2.05, 4.69) is 51.2 Å². The van der Waals surface area contributed by atoms with Gasteiger partial charge in [-0.2, -0.15) is 0 Å². The third-order valence-corrected chi connectivity index (χ3v) is 3.48. The van der Waals surface area contributed by atoms with E-state index in [0.717, 1.165) is 35.9 Å². The molecule has 0 aromatic heterocycles. The lowest BCUT2D eigenvalue weighted by atomic mass is 10.1. The van der Waals surface area contributed by atoms with Gasteiger partial charge in [-0.3, -0.25) is 0 Å². The van der Waals surface area contributed by atoms with Crippen molar-refractivity contribution >= 4 is 5.69 Å². The zero-order valence-electron chi connectivity index (χ0n) is 14.6. The van der Waals surface area contributed by atoms with Gasteiger partial charge in [0.25, 0.3) is 0 Å². The van der Waals surface area contributed by atoms with Crippen molar-refractivity contribution < 1.29 is 9.47 Å². The van der Waals surface area contributed by atoms with Crippen LogP contribution in [0.1, 0.15) is 25.0 Å². The van der Waals surface area contributed by atoms with E-state index in [9.17, 15) is 0 Å². The van der Waals surface area contributed by atoms with Crippen LogP contribution in [-0.2, 0) is 0 Å². The Balaban J connectivity index is 1.85. The lowest BCUT2D eigenvalue weighted by molar-refractivity contribution is 0.272. The first kappa shape index (κ1) is 17.2. The monoisotopic (exact) mass is 313 g/mol. The van der Waals surface area contributed by atoms with Gasteiger partial charge in [0.05, 0.1) is 12.3 Å². The van der Waals surface area contributed by atoms with Crippen LogP contribution in [0.2, 0.25) is 0 Å². The van der Waals surface area contributed by atoms with Crippen molar-refractivity contribution in [1.82, 2.24) is 0 Å². The standard InChI is InChI=1S/C20H27NO2/c1-15(2)14-23-19-8-6-5-7-18(19)21-11-12-22-20-13-16(3)9-10-17(20)4/h5-10,13,15,21H,11-12,14H2,1-4H3. The molecule has 0 spiro atoms. The van der Waals surface area contributed by atoms with Crippen LogP contribution >= 0.6 is 0 Å². The molecule has 0 aliphatic rings. The number of rotatable bonds is 8. The summed E-state index contributed by atoms with van der Waals surface area (Å²) in [6.45, 7) is 10.5. The SMILES string of the molecule is Cc1ccc(C)c(OCCNc2ccccc2OCC(C)C)c1. The Labute approximate surface area is 139 Å². The van der Waals surface area contributed by atoms with Gasteiger partial charge in [-0.1, -0.05) is 38.1 Å². The second-order valence-electron chi connectivity index (χ2n) is 6.25. The van der Waals surface area contributed by atoms with Gasteiger partial charge in [0.1, 0.15) is 18.1 Å². The normalized spacial score (nSPS) is 10.7. The van der Waals surface area contributed by atoms with Crippen LogP contribution < -0.4 is 14.8 Å². The molecular weight excluding hydrogens is 286 g/mol. The van der Waals surface area contributed by atoms with E-state index in [4.69, 9.17) is 9.47 Å². The average molecular weight is 313 g/mol. The highest BCUT2D eigenvalue weighted by Gasteiger charge is 2.04. The molecule has 0 radical (unpaired) electrons. The molecule has 1 N–H and O–H groups in total. The zero-order chi connectivity index (χ0) is 16.7. The molecule has 124 valence electrons. The molecule has 0 saturated heterocycles. The summed E-state index contributed by atoms with van der Waals surface area (Å²) in [5.74, 6) is 2.36. The minimum atomic E-state index is 0.510. The molecule has 3 nitrogen and oxygen atoms in total. The van der Waals surface area contributed by atoms with E-state index in [1.165, 1.54) is 5.56 Å². The minimum absolute atomic E-state index is 0.510. The minimum Gasteiger partial charge on any atom is -0.491 e. The molecule has 23 heavy (non-hydrogen) atoms. The van der Waals surface area contributed by atoms with E-state index in [-0.39, 0.29) is 0 Å². The van der Waals surface area contributed by atoms with Crippen molar-refractivity contribution in [3.63, 3.8) is 0 Å². The van der Waals surface area contributed by atoms with E-state index in [0.29, 0.717) is 12.5 Å². The second kappa shape index (κ2) is 8.47. The van der Waals surface area contributed by atoms with Crippen LogP contribution in [0.15, 0.2) is 42.5 Å². The second-order valence-corrected chi connectivity index (χ2v) is 6.25. The fourth-order valence-electron chi connectivity index (χ4n) is 2.20. The van der Waals surface area contributed by atoms with Gasteiger partial charge in [-0.15, -0.1) is 0 Å². The van der Waals surface area contributed by atoms with Crippen LogP contribution in [0.3, 0.4) is 0 Å². The number of anilines is 1. The average Bonchev–Trinajstić information content (AvgIpc) is 2.53. The predicted octanol–water partition coefficient (Wildman–Crippen LogP) is 4.83. The molecule has 0 atom stereocenters. The number of para-hydroxylation sites is 2. The summed E-state index contributed by atoms with van der Waals surface area (Å²) in [4.78, 5) is 0. The summed E-state index contributed by atoms with van der Waals surface area (Å²) in [6, 6.07) is 14.3. The molecule has 0 heterocycles. The topological polar surface area (TPSA) is 30.5 Å². The quantitative estimate of drug-likeness (QED) is 0.708. The van der Waals surface area contributed by atoms with Gasteiger partial charge in [-0.25, -0.2) is 0 Å². The summed E-state index contributed by atoms with van der Waals surface area (Å²) in [5, 5.41) is 3.39. The van der Waals surface area contributed by atoms with Crippen molar-refractivity contribution in [3.05, 3.63) is 53.6 Å². The van der Waals surface area contributed by atoms with Crippen LogP contribution in [0.25, 0.3) is 0 Å². The summed E-state index contributed by atoms with van der Waals surface area (Å²) < 4.78 is 11.7. The molecule has 2 aromatic carbocycles. The van der Waals surface area contributed by atoms with E-state index in [1.807, 2.05) is 24.3 Å². The molecule has 0 amide bonds. The van der Waals surface area contributed by atoms with Crippen LogP contribution in [-0.4, -0.2) is 19.8 Å². The number of aryl methyl sites for hydroxylation is 2. The van der Waals surface area contributed by atoms with Crippen molar-refractivity contribution in [1.29, 1.82) is 0 Å². The Hall–Kier alpha value is -2.16. The smallest absolute Gasteiger partial charge is 0.142 e. The van der Waals surface area contributed by atoms with Crippen LogP contribution in [0.5, 0.6) is 11.5 Å². The third kappa shape index (κ3) is 5.51. The van der Waals surface area contributed by atoms with Gasteiger partial charge < -0.3 is 14.8 Å². The van der Waals surface area contributed by atoms with E-state index >= 15 is 0 Å². The fraction of sp³-hybridized carbons (Fsp3) is 0.400. The zero-order valence-corrected chi connectivity index (χ0v) is 14.6. The number of nitrogens with one attached hydrogen (secondary N) is 1. The van der Waals surface area contributed by atoms with Gasteiger partial charge in [0, 0.05) is 6.54 Å². The molecule has 2 rings (SSSR count). The highest BCUT2D eigenvalue weighted by Crippen LogP contribution is 2.24. The number of ether oxygens (including phenoxy) is 2. The Morgan fingerprint density at radius 1 is 0.957 bits per heavy atom. The predicted molar refractivity (Wildman–Crippen MR) is 96.7 cm³/mol. The molecule has 2 aromatic rings. The number of hydrogen-bond acceptors (Lipinski definition) is 3. The van der Waals surface area contributed by atoms with E-state index in [1.54, 1.807) is 0 Å². The first-order valence-electron chi connectivity index (χ1n) is 8.22. The van der Waals surface area contributed by atoms with E-state index < -0.39 is 0 Å². The molecule has 0 fully saturated rings. The third-order valence-electron chi connectivity index (χ3n) is 3.48. The van der Waals surface area contributed by atoms with Crippen LogP contribution in [0, 0.1) is 19.8 Å². The summed E-state index contributed by atoms with van der Waals surface area (Å²) in [6.07, 6.45) is 0. The van der Waals surface area contributed by atoms with Crippen molar-refractivity contribution in [2.45, 2.75) is 27.7 Å². The first-order chi connectivity index (χ1) is 11.1. The van der Waals surface area contributed by atoms with Gasteiger partial charge >= 0.3 is 0 Å². The van der Waals surface area contributed by atoms with Crippen molar-refractivity contribution in [2.24, 2.45) is 5.92 Å². The summed E-state index contributed by atoms with van der Waals surface area (Å²) in [7, 11) is 0. The Morgan fingerprint density at radius 2 is 1.74 bits per heavy atom. The lowest BCUT2D eigenvalue weighted by Crippen LogP contribution is -2.13. The van der Waals surface area contributed by atoms with Crippen molar-refractivity contribution in [3.8, 4) is 11.5 Å². The molecule has 0 bridgehead atoms. The maximum atomic E-state index is 5.87. The van der Waals surface area contributed by atoms with Gasteiger partial charge in [0.15, 0.2) is 0 Å². The highest BCUT2D eigenvalue weighted by atomic mass is 16.5. The molecule has 0 aliphatic carbocycles. The number of hydrogen-bond donors (Lipinski definition) is 1. The lowest BCUT2D eigenvalue weighted by Gasteiger charge is -2.15. The first-order valence-corrected chi connectivity index (χ1v) is 8.22. The molecule has 0 unspecified atom stereocenters. The Kier molecular flexibility index (Phi) is 6.33. The van der Waals surface area contributed by atoms with Crippen LogP contribution in [0.4, 0.5) is 5.69 Å². The highest BCUT2D eigenvalue weighted by molar-refractivity contribution is 5.56. The summed E-state index contributed by atoms with van der Waals surface area (Å²) >= 11 is 0. The molecule has 0 saturated carbocycles. The Morgan fingerprint density at radius 3 is 2.52 bits per heavy atom. The number of benzene rings is 2. The summed E-state index contributed by atoms with van der Waals surface area (Å²) in [5.41, 5.74) is 3.39. The molecule has 0 aliphatic heterocycles. The maximum absolute atomic E-state index is 5.87. The fourth-order valence-corrected chi connectivity index (χ4v) is 2.20. The molecule has 3 heteroatoms. The largest absolute Gasteiger partial charge is 0.491 e.